The Hall–Kier alpha value is -0.460. The van der Waals surface area contributed by atoms with E-state index in [0.29, 0.717) is 30.9 Å². The van der Waals surface area contributed by atoms with E-state index in [4.69, 9.17) is 9.73 Å². The van der Waals surface area contributed by atoms with Crippen molar-refractivity contribution in [2.75, 3.05) is 51.8 Å². The summed E-state index contributed by atoms with van der Waals surface area (Å²) in [6, 6.07) is 0. The molecule has 0 aromatic carbocycles. The number of hydrogen-bond donors (Lipinski definition) is 2. The summed E-state index contributed by atoms with van der Waals surface area (Å²) in [6.07, 6.45) is 0. The molecule has 2 aliphatic heterocycles. The molecule has 0 aromatic rings. The first kappa shape index (κ1) is 16.9. The van der Waals surface area contributed by atoms with Crippen molar-refractivity contribution in [1.82, 2.24) is 10.2 Å². The molecule has 2 fully saturated rings. The van der Waals surface area contributed by atoms with Gasteiger partial charge >= 0.3 is 0 Å². The third-order valence-electron chi connectivity index (χ3n) is 4.19. The van der Waals surface area contributed by atoms with Gasteiger partial charge in [0.1, 0.15) is 0 Å². The normalized spacial score (nSPS) is 25.9. The van der Waals surface area contributed by atoms with E-state index >= 15 is 0 Å². The molecular weight excluding hydrogens is 286 g/mol. The molecule has 5 nitrogen and oxygen atoms in total. The summed E-state index contributed by atoms with van der Waals surface area (Å²) in [5, 5.41) is 13.6. The minimum absolute atomic E-state index is 0.150. The molecule has 6 heteroatoms. The van der Waals surface area contributed by atoms with Gasteiger partial charge in [-0.25, -0.2) is 0 Å². The zero-order chi connectivity index (χ0) is 15.3. The molecular formula is C15H29N3O2S. The lowest BCUT2D eigenvalue weighted by atomic mass is 9.87. The number of nitrogens with one attached hydrogen (secondary N) is 1. The van der Waals surface area contributed by atoms with Crippen molar-refractivity contribution >= 4 is 17.7 Å². The molecule has 0 amide bonds. The highest BCUT2D eigenvalue weighted by molar-refractivity contribution is 8.00. The first-order chi connectivity index (χ1) is 10.1. The smallest absolute Gasteiger partial charge is 0.194 e. The van der Waals surface area contributed by atoms with Crippen LogP contribution in [0.3, 0.4) is 0 Å². The molecule has 2 aliphatic rings. The number of hydrogen-bond acceptors (Lipinski definition) is 4. The van der Waals surface area contributed by atoms with Gasteiger partial charge in [0.15, 0.2) is 5.96 Å². The van der Waals surface area contributed by atoms with E-state index in [0.717, 1.165) is 31.3 Å². The number of aliphatic imine (C=N–C) groups is 1. The van der Waals surface area contributed by atoms with Crippen LogP contribution in [0.15, 0.2) is 4.99 Å². The summed E-state index contributed by atoms with van der Waals surface area (Å²) >= 11 is 2.07. The van der Waals surface area contributed by atoms with Crippen LogP contribution in [0.2, 0.25) is 0 Å². The van der Waals surface area contributed by atoms with Crippen molar-refractivity contribution in [3.05, 3.63) is 0 Å². The summed E-state index contributed by atoms with van der Waals surface area (Å²) in [5.74, 6) is 2.83. The fourth-order valence-corrected chi connectivity index (χ4v) is 3.86. The van der Waals surface area contributed by atoms with Gasteiger partial charge in [0.25, 0.3) is 0 Å². The van der Waals surface area contributed by atoms with Gasteiger partial charge < -0.3 is 20.1 Å². The first-order valence-corrected chi connectivity index (χ1v) is 8.98. The van der Waals surface area contributed by atoms with Crippen LogP contribution in [-0.2, 0) is 4.74 Å². The zero-order valence-corrected chi connectivity index (χ0v) is 14.3. The fraction of sp³-hybridized carbons (Fsp3) is 0.933. The second kappa shape index (κ2) is 7.70. The summed E-state index contributed by atoms with van der Waals surface area (Å²) in [7, 11) is 0. The fourth-order valence-electron chi connectivity index (χ4n) is 2.56. The largest absolute Gasteiger partial charge is 0.396 e. The molecule has 0 spiro atoms. The summed E-state index contributed by atoms with van der Waals surface area (Å²) < 4.78 is 5.25. The highest BCUT2D eigenvalue weighted by Crippen LogP contribution is 2.28. The molecule has 1 atom stereocenters. The minimum Gasteiger partial charge on any atom is -0.396 e. The van der Waals surface area contributed by atoms with Crippen LogP contribution in [0.5, 0.6) is 0 Å². The Morgan fingerprint density at radius 3 is 2.81 bits per heavy atom. The zero-order valence-electron chi connectivity index (χ0n) is 13.5. The number of aliphatic hydroxyl groups is 1. The van der Waals surface area contributed by atoms with E-state index < -0.39 is 0 Å². The van der Waals surface area contributed by atoms with E-state index in [1.165, 1.54) is 0 Å². The van der Waals surface area contributed by atoms with Crippen LogP contribution in [0.4, 0.5) is 0 Å². The Morgan fingerprint density at radius 2 is 2.29 bits per heavy atom. The van der Waals surface area contributed by atoms with Crippen molar-refractivity contribution < 1.29 is 9.84 Å². The van der Waals surface area contributed by atoms with Gasteiger partial charge in [-0.2, -0.15) is 11.8 Å². The Morgan fingerprint density at radius 1 is 1.52 bits per heavy atom. The van der Waals surface area contributed by atoms with Gasteiger partial charge in [-0.3, -0.25) is 4.99 Å². The second-order valence-corrected chi connectivity index (χ2v) is 7.77. The van der Waals surface area contributed by atoms with Gasteiger partial charge in [0, 0.05) is 30.6 Å². The molecule has 2 N–H and O–H groups in total. The first-order valence-electron chi connectivity index (χ1n) is 7.94. The summed E-state index contributed by atoms with van der Waals surface area (Å²) in [6.45, 7) is 11.7. The van der Waals surface area contributed by atoms with Crippen molar-refractivity contribution in [2.45, 2.75) is 26.0 Å². The summed E-state index contributed by atoms with van der Waals surface area (Å²) in [5.41, 5.74) is -0.150. The molecule has 0 aromatic heterocycles. The molecule has 21 heavy (non-hydrogen) atoms. The van der Waals surface area contributed by atoms with Crippen molar-refractivity contribution in [1.29, 1.82) is 0 Å². The number of thioether (sulfide) groups is 1. The van der Waals surface area contributed by atoms with E-state index in [1.54, 1.807) is 0 Å². The highest BCUT2D eigenvalue weighted by Gasteiger charge is 2.38. The van der Waals surface area contributed by atoms with Crippen LogP contribution in [0.1, 0.15) is 20.8 Å². The molecule has 122 valence electrons. The van der Waals surface area contributed by atoms with Gasteiger partial charge in [0.05, 0.1) is 31.8 Å². The summed E-state index contributed by atoms with van der Waals surface area (Å²) in [4.78, 5) is 7.15. The molecule has 0 radical (unpaired) electrons. The van der Waals surface area contributed by atoms with Crippen LogP contribution in [-0.4, -0.2) is 73.0 Å². The van der Waals surface area contributed by atoms with Crippen LogP contribution >= 0.6 is 11.8 Å². The van der Waals surface area contributed by atoms with Gasteiger partial charge in [0.2, 0.25) is 0 Å². The lowest BCUT2D eigenvalue weighted by Crippen LogP contribution is -2.51. The molecule has 2 saturated heterocycles. The molecule has 0 aliphatic carbocycles. The third-order valence-corrected chi connectivity index (χ3v) is 5.73. The topological polar surface area (TPSA) is 57.1 Å². The molecule has 1 unspecified atom stereocenters. The van der Waals surface area contributed by atoms with Crippen LogP contribution in [0.25, 0.3) is 0 Å². The number of aliphatic hydroxyl groups excluding tert-OH is 1. The number of rotatable bonds is 5. The van der Waals surface area contributed by atoms with Crippen LogP contribution in [0, 0.1) is 11.3 Å². The second-order valence-electron chi connectivity index (χ2n) is 6.42. The average Bonchev–Trinajstić information content (AvgIpc) is 2.45. The molecule has 2 rings (SSSR count). The maximum Gasteiger partial charge on any atom is 0.194 e. The van der Waals surface area contributed by atoms with Crippen molar-refractivity contribution in [3.63, 3.8) is 0 Å². The third kappa shape index (κ3) is 4.27. The van der Waals surface area contributed by atoms with Crippen molar-refractivity contribution in [3.8, 4) is 0 Å². The molecule has 2 heterocycles. The van der Waals surface area contributed by atoms with E-state index in [-0.39, 0.29) is 12.0 Å². The maximum absolute atomic E-state index is 9.52. The van der Waals surface area contributed by atoms with Gasteiger partial charge in [-0.05, 0) is 12.8 Å². The van der Waals surface area contributed by atoms with Crippen LogP contribution < -0.4 is 5.32 Å². The number of ether oxygens (including phenoxy) is 1. The van der Waals surface area contributed by atoms with Gasteiger partial charge in [-0.1, -0.05) is 13.8 Å². The van der Waals surface area contributed by atoms with Crippen molar-refractivity contribution in [2.24, 2.45) is 16.3 Å². The minimum atomic E-state index is -0.150. The average molecular weight is 315 g/mol. The standard InChI is InChI=1S/C15H29N3O2S/c1-4-16-14(17-8-15(9-19)10-20-11-15)18-5-6-21-13(7-18)12(2)3/h12-13,19H,4-11H2,1-3H3,(H,16,17). The van der Waals surface area contributed by atoms with E-state index in [2.05, 4.69) is 42.7 Å². The van der Waals surface area contributed by atoms with E-state index in [9.17, 15) is 5.11 Å². The number of nitrogens with zero attached hydrogens (tertiary/aromatic N) is 2. The lowest BCUT2D eigenvalue weighted by molar-refractivity contribution is -0.130. The maximum atomic E-state index is 9.52. The number of guanidine groups is 1. The predicted molar refractivity (Wildman–Crippen MR) is 89.0 cm³/mol. The SMILES string of the molecule is CCNC(=NCC1(CO)COC1)N1CCSC(C(C)C)C1. The van der Waals surface area contributed by atoms with Gasteiger partial charge in [-0.15, -0.1) is 0 Å². The predicted octanol–water partition coefficient (Wildman–Crippen LogP) is 1.03. The molecule has 0 bridgehead atoms. The Balaban J connectivity index is 2.00. The molecule has 0 saturated carbocycles. The van der Waals surface area contributed by atoms with E-state index in [1.807, 2.05) is 0 Å². The highest BCUT2D eigenvalue weighted by atomic mass is 32.2. The Kier molecular flexibility index (Phi) is 6.20. The quantitative estimate of drug-likeness (QED) is 0.586. The Bertz CT molecular complexity index is 353. The Labute approximate surface area is 132 Å². The lowest BCUT2D eigenvalue weighted by Gasteiger charge is -2.40. The monoisotopic (exact) mass is 315 g/mol.